The number of allylic oxidation sites excluding steroid dienone is 1. The third-order valence-electron chi connectivity index (χ3n) is 4.98. The zero-order valence-corrected chi connectivity index (χ0v) is 13.6. The van der Waals surface area contributed by atoms with Crippen molar-refractivity contribution in [1.82, 2.24) is 9.97 Å². The Morgan fingerprint density at radius 2 is 2.04 bits per heavy atom. The normalized spacial score (nSPS) is 20.7. The Morgan fingerprint density at radius 3 is 2.79 bits per heavy atom. The molecular weight excluding hydrogens is 300 g/mol. The van der Waals surface area contributed by atoms with E-state index in [1.54, 1.807) is 0 Å². The molecule has 1 saturated heterocycles. The number of morpholine rings is 1. The highest BCUT2D eigenvalue weighted by atomic mass is 16.5. The van der Waals surface area contributed by atoms with Gasteiger partial charge in [-0.2, -0.15) is 0 Å². The largest absolute Gasteiger partial charge is 0.378 e. The number of fused-ring (bicyclic) bond motifs is 1. The second-order valence-electron chi connectivity index (χ2n) is 6.63. The van der Waals surface area contributed by atoms with E-state index in [9.17, 15) is 0 Å². The highest BCUT2D eigenvalue weighted by Crippen LogP contribution is 2.44. The summed E-state index contributed by atoms with van der Waals surface area (Å²) in [5.41, 5.74) is 4.29. The summed E-state index contributed by atoms with van der Waals surface area (Å²) in [6.07, 6.45) is 8.58. The average Bonchev–Trinajstić information content (AvgIpc) is 3.35. The molecule has 2 aromatic rings. The molecule has 0 unspecified atom stereocenters. The maximum atomic E-state index is 5.49. The molecule has 4 heterocycles. The van der Waals surface area contributed by atoms with E-state index in [1.165, 1.54) is 23.8 Å². The lowest BCUT2D eigenvalue weighted by Crippen LogP contribution is -2.36. The fourth-order valence-corrected chi connectivity index (χ4v) is 3.56. The number of hydrogen-bond donors (Lipinski definition) is 0. The number of anilines is 1. The van der Waals surface area contributed by atoms with Crippen molar-refractivity contribution in [3.8, 4) is 0 Å². The van der Waals surface area contributed by atoms with Crippen LogP contribution >= 0.6 is 0 Å². The molecule has 1 aliphatic carbocycles. The molecule has 24 heavy (non-hydrogen) atoms. The van der Waals surface area contributed by atoms with E-state index in [2.05, 4.69) is 39.2 Å². The molecule has 5 nitrogen and oxygen atoms in total. The van der Waals surface area contributed by atoms with Gasteiger partial charge in [-0.3, -0.25) is 9.98 Å². The van der Waals surface area contributed by atoms with Gasteiger partial charge in [0.05, 0.1) is 25.5 Å². The van der Waals surface area contributed by atoms with Crippen molar-refractivity contribution in [1.29, 1.82) is 0 Å². The van der Waals surface area contributed by atoms with Crippen LogP contribution in [0.3, 0.4) is 0 Å². The predicted octanol–water partition coefficient (Wildman–Crippen LogP) is 2.70. The lowest BCUT2D eigenvalue weighted by Gasteiger charge is -2.28. The molecule has 0 atom stereocenters. The van der Waals surface area contributed by atoms with Crippen molar-refractivity contribution in [2.24, 2.45) is 4.99 Å². The summed E-state index contributed by atoms with van der Waals surface area (Å²) in [7, 11) is 0. The standard InChI is InChI=1S/C19H20N4O/c1-2-16(20-6-1)19-18-14(5-7-21-19)15(13-3-4-13)12-17(22-18)23-8-10-24-11-9-23/h1-2,5,7,12-13H,3-4,6,8-11H2. The molecule has 5 rings (SSSR count). The summed E-state index contributed by atoms with van der Waals surface area (Å²) in [4.78, 5) is 16.5. The predicted molar refractivity (Wildman–Crippen MR) is 95.1 cm³/mol. The molecule has 3 aliphatic rings. The van der Waals surface area contributed by atoms with Crippen molar-refractivity contribution in [2.45, 2.75) is 18.8 Å². The quantitative estimate of drug-likeness (QED) is 0.872. The third kappa shape index (κ3) is 2.40. The van der Waals surface area contributed by atoms with Gasteiger partial charge in [0, 0.05) is 24.7 Å². The van der Waals surface area contributed by atoms with Crippen LogP contribution in [0.2, 0.25) is 0 Å². The van der Waals surface area contributed by atoms with Gasteiger partial charge in [-0.15, -0.1) is 0 Å². The highest BCUT2D eigenvalue weighted by Gasteiger charge is 2.28. The van der Waals surface area contributed by atoms with E-state index in [0.717, 1.165) is 55.6 Å². The lowest BCUT2D eigenvalue weighted by molar-refractivity contribution is 0.122. The molecule has 2 aliphatic heterocycles. The Hall–Kier alpha value is -2.27. The van der Waals surface area contributed by atoms with E-state index in [4.69, 9.17) is 9.72 Å². The van der Waals surface area contributed by atoms with Gasteiger partial charge in [-0.05, 0) is 42.5 Å². The second kappa shape index (κ2) is 5.67. The molecule has 0 N–H and O–H groups in total. The molecule has 1 saturated carbocycles. The summed E-state index contributed by atoms with van der Waals surface area (Å²) in [5, 5.41) is 1.24. The number of pyridine rings is 2. The zero-order chi connectivity index (χ0) is 15.9. The van der Waals surface area contributed by atoms with Crippen LogP contribution in [0.4, 0.5) is 5.82 Å². The van der Waals surface area contributed by atoms with Gasteiger partial charge in [0.25, 0.3) is 0 Å². The number of rotatable bonds is 3. The molecule has 122 valence electrons. The maximum absolute atomic E-state index is 5.49. The number of ether oxygens (including phenoxy) is 1. The molecule has 0 radical (unpaired) electrons. The molecule has 5 heteroatoms. The summed E-state index contributed by atoms with van der Waals surface area (Å²) in [6, 6.07) is 4.41. The fourth-order valence-electron chi connectivity index (χ4n) is 3.56. The molecule has 0 spiro atoms. The van der Waals surface area contributed by atoms with Crippen molar-refractivity contribution in [3.63, 3.8) is 0 Å². The van der Waals surface area contributed by atoms with Gasteiger partial charge >= 0.3 is 0 Å². The Labute approximate surface area is 141 Å². The Kier molecular flexibility index (Phi) is 3.33. The SMILES string of the molecule is C1=CC(c2nccc3c(C4CC4)cc(N4CCOCC4)nc23)=NC1. The Bertz CT molecular complexity index is 848. The summed E-state index contributed by atoms with van der Waals surface area (Å²) < 4.78 is 5.49. The van der Waals surface area contributed by atoms with Crippen LogP contribution in [0.25, 0.3) is 10.9 Å². The first-order valence-corrected chi connectivity index (χ1v) is 8.74. The topological polar surface area (TPSA) is 50.6 Å². The van der Waals surface area contributed by atoms with Crippen LogP contribution < -0.4 is 4.90 Å². The minimum absolute atomic E-state index is 0.673. The van der Waals surface area contributed by atoms with Gasteiger partial charge in [-0.1, -0.05) is 6.08 Å². The van der Waals surface area contributed by atoms with Crippen molar-refractivity contribution < 1.29 is 4.74 Å². The second-order valence-corrected chi connectivity index (χ2v) is 6.63. The smallest absolute Gasteiger partial charge is 0.129 e. The molecule has 0 aromatic carbocycles. The van der Waals surface area contributed by atoms with Gasteiger partial charge in [0.15, 0.2) is 0 Å². The zero-order valence-electron chi connectivity index (χ0n) is 13.6. The van der Waals surface area contributed by atoms with Crippen LogP contribution in [-0.4, -0.2) is 48.5 Å². The first kappa shape index (κ1) is 14.1. The van der Waals surface area contributed by atoms with Crippen LogP contribution in [0, 0.1) is 0 Å². The summed E-state index contributed by atoms with van der Waals surface area (Å²) in [6.45, 7) is 4.09. The van der Waals surface area contributed by atoms with Crippen LogP contribution in [0.5, 0.6) is 0 Å². The molecule has 0 amide bonds. The van der Waals surface area contributed by atoms with E-state index in [1.807, 2.05) is 6.20 Å². The highest BCUT2D eigenvalue weighted by molar-refractivity contribution is 6.15. The summed E-state index contributed by atoms with van der Waals surface area (Å²) in [5.74, 6) is 1.73. The molecule has 2 fully saturated rings. The number of aliphatic imine (C=N–C) groups is 1. The van der Waals surface area contributed by atoms with Crippen molar-refractivity contribution >= 4 is 22.4 Å². The molecular formula is C19H20N4O. The van der Waals surface area contributed by atoms with Crippen molar-refractivity contribution in [2.75, 3.05) is 37.7 Å². The van der Waals surface area contributed by atoms with Crippen molar-refractivity contribution in [3.05, 3.63) is 41.7 Å². The third-order valence-corrected chi connectivity index (χ3v) is 4.98. The fraction of sp³-hybridized carbons (Fsp3) is 0.421. The van der Waals surface area contributed by atoms with E-state index < -0.39 is 0 Å². The molecule has 0 bridgehead atoms. The maximum Gasteiger partial charge on any atom is 0.129 e. The van der Waals surface area contributed by atoms with Gasteiger partial charge in [-0.25, -0.2) is 4.98 Å². The minimum atomic E-state index is 0.673. The van der Waals surface area contributed by atoms with E-state index >= 15 is 0 Å². The minimum Gasteiger partial charge on any atom is -0.378 e. The number of hydrogen-bond acceptors (Lipinski definition) is 5. The number of nitrogens with zero attached hydrogens (tertiary/aromatic N) is 4. The van der Waals surface area contributed by atoms with Gasteiger partial charge < -0.3 is 9.64 Å². The summed E-state index contributed by atoms with van der Waals surface area (Å²) >= 11 is 0. The van der Waals surface area contributed by atoms with Crippen LogP contribution in [0.15, 0.2) is 35.5 Å². The van der Waals surface area contributed by atoms with Crippen LogP contribution in [0.1, 0.15) is 30.0 Å². The first-order chi connectivity index (χ1) is 11.9. The first-order valence-electron chi connectivity index (χ1n) is 8.74. The van der Waals surface area contributed by atoms with E-state index in [0.29, 0.717) is 5.92 Å². The monoisotopic (exact) mass is 320 g/mol. The number of aromatic nitrogens is 2. The van der Waals surface area contributed by atoms with Gasteiger partial charge in [0.2, 0.25) is 0 Å². The van der Waals surface area contributed by atoms with E-state index in [-0.39, 0.29) is 0 Å². The molecule has 2 aromatic heterocycles. The van der Waals surface area contributed by atoms with Gasteiger partial charge in [0.1, 0.15) is 17.0 Å². The van der Waals surface area contributed by atoms with Crippen LogP contribution in [-0.2, 0) is 4.74 Å². The average molecular weight is 320 g/mol. The Balaban J connectivity index is 1.70. The Morgan fingerprint density at radius 1 is 1.17 bits per heavy atom. The lowest BCUT2D eigenvalue weighted by atomic mass is 10.0.